The largest absolute Gasteiger partial charge is 0.497 e. The van der Waals surface area contributed by atoms with E-state index in [-0.39, 0.29) is 0 Å². The minimum atomic E-state index is 0.749. The lowest BCUT2D eigenvalue weighted by Gasteiger charge is -2.31. The quantitative estimate of drug-likeness (QED) is 0.420. The molecule has 0 radical (unpaired) electrons. The van der Waals surface area contributed by atoms with Crippen LogP contribution in [0.4, 0.5) is 5.13 Å². The molecule has 0 atom stereocenters. The van der Waals surface area contributed by atoms with Crippen LogP contribution in [-0.2, 0) is 6.42 Å². The number of hydrogen-bond acceptors (Lipinski definition) is 5. The van der Waals surface area contributed by atoms with Crippen LogP contribution in [0.15, 0.2) is 48.7 Å². The Hall–Kier alpha value is -2.57. The first-order valence-electron chi connectivity index (χ1n) is 10.8. The van der Waals surface area contributed by atoms with Gasteiger partial charge in [-0.1, -0.05) is 23.5 Å². The summed E-state index contributed by atoms with van der Waals surface area (Å²) < 4.78 is 6.66. The SMILES string of the molecule is COc1ccc2[nH]cc(CCNCC3CCN(c4nc5ccccc5s4)CC3)c2c1. The molecule has 2 aromatic heterocycles. The minimum absolute atomic E-state index is 0.749. The van der Waals surface area contributed by atoms with Crippen molar-refractivity contribution < 1.29 is 4.74 Å². The van der Waals surface area contributed by atoms with Crippen molar-refractivity contribution >= 4 is 37.6 Å². The number of aromatic amines is 1. The van der Waals surface area contributed by atoms with Crippen LogP contribution in [0.25, 0.3) is 21.1 Å². The van der Waals surface area contributed by atoms with E-state index < -0.39 is 0 Å². The number of piperidine rings is 1. The Balaban J connectivity index is 1.09. The molecular weight excluding hydrogens is 392 g/mol. The van der Waals surface area contributed by atoms with Crippen LogP contribution in [0.5, 0.6) is 5.75 Å². The van der Waals surface area contributed by atoms with Crippen LogP contribution in [0.1, 0.15) is 18.4 Å². The lowest BCUT2D eigenvalue weighted by Crippen LogP contribution is -2.37. The number of hydrogen-bond donors (Lipinski definition) is 2. The van der Waals surface area contributed by atoms with Crippen LogP contribution >= 0.6 is 11.3 Å². The van der Waals surface area contributed by atoms with Crippen molar-refractivity contribution in [2.45, 2.75) is 19.3 Å². The summed E-state index contributed by atoms with van der Waals surface area (Å²) in [6.45, 7) is 4.31. The Labute approximate surface area is 181 Å². The van der Waals surface area contributed by atoms with E-state index in [1.807, 2.05) is 17.4 Å². The second kappa shape index (κ2) is 8.66. The molecule has 0 amide bonds. The molecule has 0 saturated carbocycles. The Morgan fingerprint density at radius 3 is 2.90 bits per heavy atom. The molecule has 3 heterocycles. The first-order valence-corrected chi connectivity index (χ1v) is 11.6. The van der Waals surface area contributed by atoms with Crippen molar-refractivity contribution in [1.82, 2.24) is 15.3 Å². The summed E-state index contributed by atoms with van der Waals surface area (Å²) in [6, 6.07) is 14.6. The smallest absolute Gasteiger partial charge is 0.186 e. The molecule has 1 aliphatic heterocycles. The summed E-state index contributed by atoms with van der Waals surface area (Å²) in [7, 11) is 1.72. The third-order valence-corrected chi connectivity index (χ3v) is 7.24. The van der Waals surface area contributed by atoms with E-state index in [1.165, 1.54) is 39.1 Å². The molecule has 30 heavy (non-hydrogen) atoms. The van der Waals surface area contributed by atoms with Crippen LogP contribution in [0.2, 0.25) is 0 Å². The van der Waals surface area contributed by atoms with Crippen LogP contribution in [-0.4, -0.2) is 43.3 Å². The summed E-state index contributed by atoms with van der Waals surface area (Å²) >= 11 is 1.82. The van der Waals surface area contributed by atoms with Gasteiger partial charge >= 0.3 is 0 Å². The molecule has 5 rings (SSSR count). The van der Waals surface area contributed by atoms with Gasteiger partial charge < -0.3 is 19.9 Å². The number of anilines is 1. The molecule has 2 N–H and O–H groups in total. The topological polar surface area (TPSA) is 53.2 Å². The van der Waals surface area contributed by atoms with Gasteiger partial charge in [0.25, 0.3) is 0 Å². The number of benzene rings is 2. The predicted molar refractivity (Wildman–Crippen MR) is 126 cm³/mol. The van der Waals surface area contributed by atoms with E-state index in [0.717, 1.165) is 49.8 Å². The van der Waals surface area contributed by atoms with E-state index in [4.69, 9.17) is 9.72 Å². The summed E-state index contributed by atoms with van der Waals surface area (Å²) in [5, 5.41) is 6.13. The minimum Gasteiger partial charge on any atom is -0.497 e. The standard InChI is InChI=1S/C24H28N4OS/c1-29-19-6-7-21-20(14-19)18(16-26-21)8-11-25-15-17-9-12-28(13-10-17)24-27-22-4-2-3-5-23(22)30-24/h2-7,14,16-17,25-26H,8-13,15H2,1H3. The monoisotopic (exact) mass is 420 g/mol. The van der Waals surface area contributed by atoms with Gasteiger partial charge in [-0.15, -0.1) is 0 Å². The second-order valence-electron chi connectivity index (χ2n) is 8.07. The molecule has 1 saturated heterocycles. The van der Waals surface area contributed by atoms with Crippen LogP contribution < -0.4 is 15.0 Å². The number of aromatic nitrogens is 2. The van der Waals surface area contributed by atoms with E-state index in [0.29, 0.717) is 0 Å². The number of para-hydroxylation sites is 1. The summed E-state index contributed by atoms with van der Waals surface area (Å²) in [5.41, 5.74) is 3.64. The Morgan fingerprint density at radius 1 is 1.20 bits per heavy atom. The molecule has 0 bridgehead atoms. The van der Waals surface area contributed by atoms with Crippen LogP contribution in [0, 0.1) is 5.92 Å². The molecule has 0 spiro atoms. The fourth-order valence-corrected chi connectivity index (χ4v) is 5.36. The molecule has 0 aliphatic carbocycles. The number of nitrogens with one attached hydrogen (secondary N) is 2. The zero-order valence-electron chi connectivity index (χ0n) is 17.4. The molecule has 0 unspecified atom stereocenters. The van der Waals surface area contributed by atoms with Gasteiger partial charge in [0.2, 0.25) is 0 Å². The van der Waals surface area contributed by atoms with Crippen molar-refractivity contribution in [3.8, 4) is 5.75 Å². The van der Waals surface area contributed by atoms with E-state index in [9.17, 15) is 0 Å². The van der Waals surface area contributed by atoms with Gasteiger partial charge in [0.05, 0.1) is 17.3 Å². The highest BCUT2D eigenvalue weighted by atomic mass is 32.1. The number of nitrogens with zero attached hydrogens (tertiary/aromatic N) is 2. The lowest BCUT2D eigenvalue weighted by molar-refractivity contribution is 0.384. The molecule has 1 aliphatic rings. The summed E-state index contributed by atoms with van der Waals surface area (Å²) in [4.78, 5) is 10.6. The maximum atomic E-state index is 5.37. The number of fused-ring (bicyclic) bond motifs is 2. The normalized spacial score (nSPS) is 15.3. The number of rotatable bonds is 7. The van der Waals surface area contributed by atoms with Gasteiger partial charge in [0, 0.05) is 30.2 Å². The fraction of sp³-hybridized carbons (Fsp3) is 0.375. The Bertz CT molecular complexity index is 1090. The average molecular weight is 421 g/mol. The van der Waals surface area contributed by atoms with Crippen molar-refractivity contribution in [2.24, 2.45) is 5.92 Å². The van der Waals surface area contributed by atoms with Crippen molar-refractivity contribution in [1.29, 1.82) is 0 Å². The van der Waals surface area contributed by atoms with Gasteiger partial charge in [0.15, 0.2) is 5.13 Å². The fourth-order valence-electron chi connectivity index (χ4n) is 4.34. The van der Waals surface area contributed by atoms with Crippen molar-refractivity contribution in [3.05, 3.63) is 54.2 Å². The van der Waals surface area contributed by atoms with Crippen molar-refractivity contribution in [3.63, 3.8) is 0 Å². The zero-order chi connectivity index (χ0) is 20.3. The van der Waals surface area contributed by atoms with Gasteiger partial charge in [-0.2, -0.15) is 0 Å². The van der Waals surface area contributed by atoms with Crippen LogP contribution in [0.3, 0.4) is 0 Å². The Morgan fingerprint density at radius 2 is 2.07 bits per heavy atom. The molecule has 156 valence electrons. The predicted octanol–water partition coefficient (Wildman–Crippen LogP) is 4.83. The first kappa shape index (κ1) is 19.4. The second-order valence-corrected chi connectivity index (χ2v) is 9.08. The van der Waals surface area contributed by atoms with E-state index in [2.05, 4.69) is 57.8 Å². The highest BCUT2D eigenvalue weighted by molar-refractivity contribution is 7.22. The Kier molecular flexibility index (Phi) is 5.60. The number of H-pyrrole nitrogens is 1. The number of methoxy groups -OCH3 is 1. The van der Waals surface area contributed by atoms with Gasteiger partial charge in [-0.05, 0) is 74.2 Å². The van der Waals surface area contributed by atoms with E-state index >= 15 is 0 Å². The third-order valence-electron chi connectivity index (χ3n) is 6.15. The molecule has 4 aromatic rings. The number of ether oxygens (including phenoxy) is 1. The molecular formula is C24H28N4OS. The zero-order valence-corrected chi connectivity index (χ0v) is 18.2. The highest BCUT2D eigenvalue weighted by Gasteiger charge is 2.21. The number of thiazole rings is 1. The molecule has 2 aromatic carbocycles. The molecule has 5 nitrogen and oxygen atoms in total. The highest BCUT2D eigenvalue weighted by Crippen LogP contribution is 2.31. The maximum Gasteiger partial charge on any atom is 0.186 e. The van der Waals surface area contributed by atoms with E-state index in [1.54, 1.807) is 7.11 Å². The third kappa shape index (κ3) is 4.02. The van der Waals surface area contributed by atoms with Gasteiger partial charge in [-0.25, -0.2) is 4.98 Å². The van der Waals surface area contributed by atoms with Crippen molar-refractivity contribution in [2.75, 3.05) is 38.2 Å². The summed E-state index contributed by atoms with van der Waals surface area (Å²) in [6.07, 6.45) is 5.61. The van der Waals surface area contributed by atoms with Gasteiger partial charge in [-0.3, -0.25) is 0 Å². The maximum absolute atomic E-state index is 5.37. The van der Waals surface area contributed by atoms with Gasteiger partial charge in [0.1, 0.15) is 5.75 Å². The average Bonchev–Trinajstić information content (AvgIpc) is 3.41. The molecule has 1 fully saturated rings. The molecule has 6 heteroatoms. The lowest BCUT2D eigenvalue weighted by atomic mass is 9.97. The summed E-state index contributed by atoms with van der Waals surface area (Å²) in [5.74, 6) is 1.66. The first-order chi connectivity index (χ1) is 14.8.